The van der Waals surface area contributed by atoms with Crippen LogP contribution in [-0.4, -0.2) is 37.6 Å². The smallest absolute Gasteiger partial charge is 0.338 e. The lowest BCUT2D eigenvalue weighted by molar-refractivity contribution is -0.145. The molecule has 6 nitrogen and oxygen atoms in total. The van der Waals surface area contributed by atoms with E-state index in [0.29, 0.717) is 5.56 Å². The molecule has 1 N–H and O–H groups in total. The van der Waals surface area contributed by atoms with Gasteiger partial charge in [-0.25, -0.2) is 9.59 Å². The SMILES string of the molecule is COC(=O)[C@@H](Cc1ccccc1)NC(=O)COC(=O)c1cccc(C)c1C. The molecule has 1 atom stereocenters. The fourth-order valence-corrected chi connectivity index (χ4v) is 2.60. The van der Waals surface area contributed by atoms with Crippen LogP contribution < -0.4 is 5.32 Å². The Bertz CT molecular complexity index is 817. The number of ether oxygens (including phenoxy) is 2. The van der Waals surface area contributed by atoms with E-state index in [1.54, 1.807) is 12.1 Å². The second-order valence-corrected chi connectivity index (χ2v) is 6.16. The van der Waals surface area contributed by atoms with Gasteiger partial charge < -0.3 is 14.8 Å². The number of benzene rings is 2. The van der Waals surface area contributed by atoms with Crippen molar-refractivity contribution in [2.75, 3.05) is 13.7 Å². The molecule has 0 bridgehead atoms. The van der Waals surface area contributed by atoms with Crippen molar-refractivity contribution in [2.45, 2.75) is 26.3 Å². The topological polar surface area (TPSA) is 81.7 Å². The molecule has 0 radical (unpaired) electrons. The summed E-state index contributed by atoms with van der Waals surface area (Å²) in [5.41, 5.74) is 3.05. The third-order valence-electron chi connectivity index (χ3n) is 4.26. The van der Waals surface area contributed by atoms with Gasteiger partial charge >= 0.3 is 11.9 Å². The Hall–Kier alpha value is -3.15. The lowest BCUT2D eigenvalue weighted by atomic mass is 10.0. The van der Waals surface area contributed by atoms with E-state index in [1.165, 1.54) is 7.11 Å². The minimum absolute atomic E-state index is 0.282. The number of carbonyl (C=O) groups excluding carboxylic acids is 3. The highest BCUT2D eigenvalue weighted by Crippen LogP contribution is 2.13. The molecule has 2 rings (SSSR count). The summed E-state index contributed by atoms with van der Waals surface area (Å²) in [4.78, 5) is 36.3. The number of hydrogen-bond acceptors (Lipinski definition) is 5. The number of methoxy groups -OCH3 is 1. The summed E-state index contributed by atoms with van der Waals surface area (Å²) in [6, 6.07) is 13.7. The van der Waals surface area contributed by atoms with Crippen LogP contribution in [0.15, 0.2) is 48.5 Å². The van der Waals surface area contributed by atoms with Gasteiger partial charge in [0.15, 0.2) is 6.61 Å². The van der Waals surface area contributed by atoms with Crippen molar-refractivity contribution in [3.05, 3.63) is 70.8 Å². The van der Waals surface area contributed by atoms with Crippen LogP contribution in [0.3, 0.4) is 0 Å². The van der Waals surface area contributed by atoms with E-state index in [0.717, 1.165) is 16.7 Å². The summed E-state index contributed by atoms with van der Waals surface area (Å²) in [5.74, 6) is -1.71. The van der Waals surface area contributed by atoms with Gasteiger partial charge in [0.1, 0.15) is 6.04 Å². The molecule has 0 fully saturated rings. The molecule has 0 aromatic heterocycles. The van der Waals surface area contributed by atoms with Crippen molar-refractivity contribution in [3.63, 3.8) is 0 Å². The first-order chi connectivity index (χ1) is 12.9. The first kappa shape index (κ1) is 20.2. The largest absolute Gasteiger partial charge is 0.467 e. The van der Waals surface area contributed by atoms with E-state index in [4.69, 9.17) is 9.47 Å². The number of amides is 1. The molecule has 0 spiro atoms. The van der Waals surface area contributed by atoms with E-state index in [1.807, 2.05) is 50.2 Å². The second kappa shape index (κ2) is 9.52. The van der Waals surface area contributed by atoms with Crippen LogP contribution in [0.25, 0.3) is 0 Å². The molecule has 0 aliphatic carbocycles. The number of nitrogens with one attached hydrogen (secondary N) is 1. The Kier molecular flexibility index (Phi) is 7.11. The number of esters is 2. The third-order valence-corrected chi connectivity index (χ3v) is 4.26. The molecule has 1 amide bonds. The van der Waals surface area contributed by atoms with Gasteiger partial charge in [-0.05, 0) is 36.6 Å². The van der Waals surface area contributed by atoms with Gasteiger partial charge in [0, 0.05) is 6.42 Å². The first-order valence-electron chi connectivity index (χ1n) is 8.56. The lowest BCUT2D eigenvalue weighted by Crippen LogP contribution is -2.44. The minimum atomic E-state index is -0.857. The van der Waals surface area contributed by atoms with Crippen LogP contribution in [-0.2, 0) is 25.5 Å². The van der Waals surface area contributed by atoms with Crippen molar-refractivity contribution in [3.8, 4) is 0 Å². The normalized spacial score (nSPS) is 11.4. The van der Waals surface area contributed by atoms with E-state index in [2.05, 4.69) is 5.32 Å². The van der Waals surface area contributed by atoms with Crippen LogP contribution in [0, 0.1) is 13.8 Å². The van der Waals surface area contributed by atoms with Gasteiger partial charge in [-0.3, -0.25) is 4.79 Å². The van der Waals surface area contributed by atoms with E-state index >= 15 is 0 Å². The molecule has 0 heterocycles. The van der Waals surface area contributed by atoms with Gasteiger partial charge in [0.25, 0.3) is 5.91 Å². The predicted octanol–water partition coefficient (Wildman–Crippen LogP) is 2.36. The number of rotatable bonds is 7. The van der Waals surface area contributed by atoms with Crippen molar-refractivity contribution < 1.29 is 23.9 Å². The zero-order chi connectivity index (χ0) is 19.8. The van der Waals surface area contributed by atoms with Gasteiger partial charge in [0.2, 0.25) is 0 Å². The van der Waals surface area contributed by atoms with Crippen molar-refractivity contribution in [2.24, 2.45) is 0 Å². The van der Waals surface area contributed by atoms with Crippen molar-refractivity contribution >= 4 is 17.8 Å². The molecule has 2 aromatic rings. The van der Waals surface area contributed by atoms with Crippen LogP contribution in [0.5, 0.6) is 0 Å². The average molecular weight is 369 g/mol. The minimum Gasteiger partial charge on any atom is -0.467 e. The number of carbonyl (C=O) groups is 3. The Morgan fingerprint density at radius 1 is 1.00 bits per heavy atom. The highest BCUT2D eigenvalue weighted by atomic mass is 16.5. The lowest BCUT2D eigenvalue weighted by Gasteiger charge is -2.17. The predicted molar refractivity (Wildman–Crippen MR) is 100 cm³/mol. The molecule has 0 aliphatic rings. The fourth-order valence-electron chi connectivity index (χ4n) is 2.60. The summed E-state index contributed by atoms with van der Waals surface area (Å²) in [7, 11) is 1.26. The molecular formula is C21H23NO5. The maximum absolute atomic E-state index is 12.2. The molecule has 27 heavy (non-hydrogen) atoms. The highest BCUT2D eigenvalue weighted by molar-refractivity contribution is 5.93. The van der Waals surface area contributed by atoms with Gasteiger partial charge in [-0.2, -0.15) is 0 Å². The summed E-state index contributed by atoms with van der Waals surface area (Å²) in [5, 5.41) is 2.56. The first-order valence-corrected chi connectivity index (χ1v) is 8.56. The highest BCUT2D eigenvalue weighted by Gasteiger charge is 2.23. The van der Waals surface area contributed by atoms with E-state index in [9.17, 15) is 14.4 Å². The van der Waals surface area contributed by atoms with Gasteiger partial charge in [0.05, 0.1) is 12.7 Å². The summed E-state index contributed by atoms with van der Waals surface area (Å²) in [6.45, 7) is 3.23. The molecule has 0 saturated heterocycles. The van der Waals surface area contributed by atoms with Crippen molar-refractivity contribution in [1.82, 2.24) is 5.32 Å². The maximum Gasteiger partial charge on any atom is 0.338 e. The van der Waals surface area contributed by atoms with Crippen molar-refractivity contribution in [1.29, 1.82) is 0 Å². The summed E-state index contributed by atoms with van der Waals surface area (Å²) < 4.78 is 9.83. The standard InChI is InChI=1S/C21H23NO5/c1-14-8-7-11-17(15(14)2)20(24)27-13-19(23)22-18(21(25)26-3)12-16-9-5-4-6-10-16/h4-11,18H,12-13H2,1-3H3,(H,22,23)/t18-/m1/s1. The molecule has 0 unspecified atom stereocenters. The Labute approximate surface area is 158 Å². The molecule has 142 valence electrons. The maximum atomic E-state index is 12.2. The van der Waals surface area contributed by atoms with E-state index in [-0.39, 0.29) is 6.42 Å². The number of aryl methyl sites for hydroxylation is 1. The van der Waals surface area contributed by atoms with Gasteiger partial charge in [-0.1, -0.05) is 42.5 Å². The fraction of sp³-hybridized carbons (Fsp3) is 0.286. The second-order valence-electron chi connectivity index (χ2n) is 6.16. The monoisotopic (exact) mass is 369 g/mol. The quantitative estimate of drug-likeness (QED) is 0.758. The van der Waals surface area contributed by atoms with Gasteiger partial charge in [-0.15, -0.1) is 0 Å². The van der Waals surface area contributed by atoms with Crippen LogP contribution in [0.1, 0.15) is 27.0 Å². The Balaban J connectivity index is 1.96. The zero-order valence-electron chi connectivity index (χ0n) is 15.7. The molecular weight excluding hydrogens is 346 g/mol. The molecule has 0 aliphatic heterocycles. The zero-order valence-corrected chi connectivity index (χ0v) is 15.7. The molecule has 6 heteroatoms. The third kappa shape index (κ3) is 5.67. The summed E-state index contributed by atoms with van der Waals surface area (Å²) in [6.07, 6.45) is 0.282. The Morgan fingerprint density at radius 2 is 1.70 bits per heavy atom. The molecule has 2 aromatic carbocycles. The molecule has 0 saturated carbocycles. The van der Waals surface area contributed by atoms with E-state index < -0.39 is 30.5 Å². The van der Waals surface area contributed by atoms with Crippen LogP contribution in [0.4, 0.5) is 0 Å². The van der Waals surface area contributed by atoms with Crippen LogP contribution >= 0.6 is 0 Å². The average Bonchev–Trinajstić information content (AvgIpc) is 2.68. The Morgan fingerprint density at radius 3 is 2.37 bits per heavy atom. The summed E-state index contributed by atoms with van der Waals surface area (Å²) >= 11 is 0. The van der Waals surface area contributed by atoms with Crippen LogP contribution in [0.2, 0.25) is 0 Å². The number of hydrogen-bond donors (Lipinski definition) is 1.